The molecule has 0 radical (unpaired) electrons. The molecule has 0 saturated carbocycles. The molecule has 1 spiro atoms. The molecular formula is C31H32BrClN2O6. The highest BCUT2D eigenvalue weighted by atomic mass is 79.9. The summed E-state index contributed by atoms with van der Waals surface area (Å²) in [6.45, 7) is 7.35. The first-order valence-electron chi connectivity index (χ1n) is 13.5. The van der Waals surface area contributed by atoms with Crippen LogP contribution in [-0.4, -0.2) is 70.1 Å². The summed E-state index contributed by atoms with van der Waals surface area (Å²) in [5.74, 6) is -3.24. The molecule has 8 nitrogen and oxygen atoms in total. The minimum absolute atomic E-state index is 0.130. The number of carbonyl (C=O) groups excluding carboxylic acids is 3. The van der Waals surface area contributed by atoms with Gasteiger partial charge in [-0.05, 0) is 42.7 Å². The Morgan fingerprint density at radius 3 is 2.54 bits per heavy atom. The largest absolute Gasteiger partial charge is 0.465 e. The van der Waals surface area contributed by atoms with Crippen molar-refractivity contribution < 1.29 is 29.0 Å². The van der Waals surface area contributed by atoms with E-state index in [4.69, 9.17) is 21.1 Å². The van der Waals surface area contributed by atoms with Crippen LogP contribution < -0.4 is 4.90 Å². The van der Waals surface area contributed by atoms with Gasteiger partial charge in [0.2, 0.25) is 5.91 Å². The average Bonchev–Trinajstić information content (AvgIpc) is 3.57. The fourth-order valence-corrected chi connectivity index (χ4v) is 7.61. The summed E-state index contributed by atoms with van der Waals surface area (Å²) in [6.07, 6.45) is 3.39. The van der Waals surface area contributed by atoms with Crippen LogP contribution in [-0.2, 0) is 23.9 Å². The van der Waals surface area contributed by atoms with Crippen LogP contribution in [0.2, 0.25) is 5.02 Å². The van der Waals surface area contributed by atoms with Crippen molar-refractivity contribution in [3.05, 3.63) is 90.5 Å². The first-order chi connectivity index (χ1) is 19.8. The lowest BCUT2D eigenvalue weighted by molar-refractivity contribution is -0.155. The van der Waals surface area contributed by atoms with E-state index >= 15 is 0 Å². The number of likely N-dealkylation sites (tertiary alicyclic amines) is 1. The molecule has 3 heterocycles. The Morgan fingerprint density at radius 2 is 1.90 bits per heavy atom. The van der Waals surface area contributed by atoms with Crippen LogP contribution in [0.1, 0.15) is 24.4 Å². The molecule has 3 fully saturated rings. The predicted molar refractivity (Wildman–Crippen MR) is 159 cm³/mol. The number of halogens is 2. The number of nitrogens with zero attached hydrogens (tertiary/aromatic N) is 2. The Morgan fingerprint density at radius 1 is 1.20 bits per heavy atom. The maximum Gasteiger partial charge on any atom is 0.312 e. The molecule has 0 aliphatic carbocycles. The quantitative estimate of drug-likeness (QED) is 0.168. The van der Waals surface area contributed by atoms with E-state index in [2.05, 4.69) is 29.1 Å². The van der Waals surface area contributed by atoms with Crippen LogP contribution in [0.3, 0.4) is 0 Å². The lowest BCUT2D eigenvalue weighted by Gasteiger charge is -2.39. The molecule has 216 valence electrons. The van der Waals surface area contributed by atoms with Gasteiger partial charge in [0.25, 0.3) is 5.91 Å². The van der Waals surface area contributed by atoms with Crippen molar-refractivity contribution in [1.82, 2.24) is 4.90 Å². The first kappa shape index (κ1) is 29.5. The predicted octanol–water partition coefficient (Wildman–Crippen LogP) is 4.46. The maximum atomic E-state index is 14.7. The lowest BCUT2D eigenvalue weighted by Crippen LogP contribution is -2.57. The number of carbonyl (C=O) groups is 3. The number of fused-ring (bicyclic) bond motifs is 1. The van der Waals surface area contributed by atoms with Crippen LogP contribution in [0.4, 0.5) is 5.69 Å². The summed E-state index contributed by atoms with van der Waals surface area (Å²) < 4.78 is 12.1. The number of aliphatic hydroxyl groups excluding tert-OH is 1. The van der Waals surface area contributed by atoms with Crippen LogP contribution in [0, 0.1) is 11.8 Å². The standard InChI is InChI=1S/C31H32BrClN2O6/c1-3-5-16-40-30(39)24-25-28(37)35(23(18-36)19-9-7-6-8-10-19)27(31(25)17-22(32)26(24)41-31)29(38)34(15-4-2)21-13-11-20(33)12-14-21/h3-4,6-14,22-27,36H,1-2,5,15-18H2/t22?,23-,24+,25+,26+,27?,31?/m1/s1. The van der Waals surface area contributed by atoms with Gasteiger partial charge in [0.1, 0.15) is 11.6 Å². The van der Waals surface area contributed by atoms with Crippen molar-refractivity contribution in [2.45, 2.75) is 41.5 Å². The van der Waals surface area contributed by atoms with Crippen molar-refractivity contribution in [3.63, 3.8) is 0 Å². The number of rotatable bonds is 11. The van der Waals surface area contributed by atoms with Gasteiger partial charge in [0.15, 0.2) is 0 Å². The second-order valence-corrected chi connectivity index (χ2v) is 12.1. The van der Waals surface area contributed by atoms with Crippen LogP contribution in [0.15, 0.2) is 79.9 Å². The molecule has 2 bridgehead atoms. The summed E-state index contributed by atoms with van der Waals surface area (Å²) in [6, 6.07) is 13.9. The molecule has 3 aliphatic rings. The van der Waals surface area contributed by atoms with Gasteiger partial charge in [-0.2, -0.15) is 0 Å². The zero-order chi connectivity index (χ0) is 29.3. The second-order valence-electron chi connectivity index (χ2n) is 10.5. The van der Waals surface area contributed by atoms with Gasteiger partial charge in [-0.3, -0.25) is 14.4 Å². The van der Waals surface area contributed by atoms with Crippen LogP contribution in [0.5, 0.6) is 0 Å². The van der Waals surface area contributed by atoms with E-state index in [-0.39, 0.29) is 18.0 Å². The van der Waals surface area contributed by atoms with E-state index in [0.717, 1.165) is 0 Å². The zero-order valence-electron chi connectivity index (χ0n) is 22.4. The third-order valence-corrected chi connectivity index (χ3v) is 9.31. The first-order valence-corrected chi connectivity index (χ1v) is 14.8. The number of aliphatic hydroxyl groups is 1. The Kier molecular flexibility index (Phi) is 8.70. The summed E-state index contributed by atoms with van der Waals surface area (Å²) in [5.41, 5.74) is -0.0899. The van der Waals surface area contributed by atoms with Crippen molar-refractivity contribution in [1.29, 1.82) is 0 Å². The van der Waals surface area contributed by atoms with E-state index < -0.39 is 60.0 Å². The molecule has 1 N–H and O–H groups in total. The number of hydrogen-bond donors (Lipinski definition) is 1. The summed E-state index contributed by atoms with van der Waals surface area (Å²) in [7, 11) is 0. The minimum atomic E-state index is -1.32. The molecular weight excluding hydrogens is 612 g/mol. The lowest BCUT2D eigenvalue weighted by atomic mass is 9.70. The van der Waals surface area contributed by atoms with Gasteiger partial charge in [-0.25, -0.2) is 0 Å². The number of amides is 2. The Bertz CT molecular complexity index is 1320. The highest BCUT2D eigenvalue weighted by Gasteiger charge is 2.77. The maximum absolute atomic E-state index is 14.7. The van der Waals surface area contributed by atoms with Crippen molar-refractivity contribution in [3.8, 4) is 0 Å². The molecule has 10 heteroatoms. The number of esters is 1. The summed E-state index contributed by atoms with van der Waals surface area (Å²) in [5, 5.41) is 11.2. The van der Waals surface area contributed by atoms with Gasteiger partial charge in [0, 0.05) is 22.1 Å². The van der Waals surface area contributed by atoms with Crippen molar-refractivity contribution in [2.75, 3.05) is 24.7 Å². The molecule has 3 unspecified atom stereocenters. The molecule has 2 aromatic carbocycles. The molecule has 2 amide bonds. The number of benzene rings is 2. The topological polar surface area (TPSA) is 96.4 Å². The SMILES string of the molecule is C=CCCOC(=O)[C@H]1[C@H]2C(=O)N([C@H](CO)c3ccccc3)C(C(=O)N(CC=C)c3ccc(Cl)cc3)C23CC(Br)[C@@H]1O3. The number of anilines is 1. The molecule has 7 atom stereocenters. The number of hydrogen-bond acceptors (Lipinski definition) is 6. The highest BCUT2D eigenvalue weighted by molar-refractivity contribution is 9.09. The Labute approximate surface area is 252 Å². The Hall–Kier alpha value is -2.98. The van der Waals surface area contributed by atoms with Crippen molar-refractivity contribution >= 4 is 51.0 Å². The molecule has 2 aromatic rings. The third-order valence-electron chi connectivity index (χ3n) is 8.21. The normalized spacial score (nSPS) is 28.7. The molecule has 5 rings (SSSR count). The van der Waals surface area contributed by atoms with Gasteiger partial charge in [-0.15, -0.1) is 13.2 Å². The van der Waals surface area contributed by atoms with E-state index in [1.807, 2.05) is 18.2 Å². The van der Waals surface area contributed by atoms with Gasteiger partial charge < -0.3 is 24.4 Å². The third kappa shape index (κ3) is 5.03. The highest BCUT2D eigenvalue weighted by Crippen LogP contribution is 2.61. The fourth-order valence-electron chi connectivity index (χ4n) is 6.54. The zero-order valence-corrected chi connectivity index (χ0v) is 24.7. The molecule has 3 saturated heterocycles. The van der Waals surface area contributed by atoms with E-state index in [1.54, 1.807) is 48.6 Å². The van der Waals surface area contributed by atoms with Crippen LogP contribution >= 0.6 is 27.5 Å². The number of alkyl halides is 1. The monoisotopic (exact) mass is 642 g/mol. The van der Waals surface area contributed by atoms with Gasteiger partial charge >= 0.3 is 5.97 Å². The summed E-state index contributed by atoms with van der Waals surface area (Å²) >= 11 is 9.79. The van der Waals surface area contributed by atoms with E-state index in [1.165, 1.54) is 9.80 Å². The fraction of sp³-hybridized carbons (Fsp3) is 0.387. The number of ether oxygens (including phenoxy) is 2. The second kappa shape index (κ2) is 12.1. The Balaban J connectivity index is 1.63. The van der Waals surface area contributed by atoms with Gasteiger partial charge in [0.05, 0.1) is 37.2 Å². The molecule has 41 heavy (non-hydrogen) atoms. The van der Waals surface area contributed by atoms with E-state index in [0.29, 0.717) is 29.1 Å². The van der Waals surface area contributed by atoms with E-state index in [9.17, 15) is 19.5 Å². The summed E-state index contributed by atoms with van der Waals surface area (Å²) in [4.78, 5) is 45.3. The smallest absolute Gasteiger partial charge is 0.312 e. The van der Waals surface area contributed by atoms with Crippen LogP contribution in [0.25, 0.3) is 0 Å². The molecule has 3 aliphatic heterocycles. The minimum Gasteiger partial charge on any atom is -0.465 e. The molecule has 0 aromatic heterocycles. The van der Waals surface area contributed by atoms with Crippen molar-refractivity contribution in [2.24, 2.45) is 11.8 Å². The average molecular weight is 644 g/mol. The van der Waals surface area contributed by atoms with Gasteiger partial charge in [-0.1, -0.05) is 70.0 Å².